The summed E-state index contributed by atoms with van der Waals surface area (Å²) in [7, 11) is 0. The van der Waals surface area contributed by atoms with Gasteiger partial charge < -0.3 is 9.59 Å². The van der Waals surface area contributed by atoms with Crippen molar-refractivity contribution in [2.75, 3.05) is 0 Å². The Bertz CT molecular complexity index is 792. The maximum atomic E-state index is 10.7. The van der Waals surface area contributed by atoms with Crippen molar-refractivity contribution in [1.82, 2.24) is 0 Å². The van der Waals surface area contributed by atoms with Gasteiger partial charge in [-0.1, -0.05) is 347 Å². The molecule has 0 rings (SSSR count). The fraction of sp³-hybridized carbons (Fsp3) is 0.967. The Balaban J connectivity index is 3.07. The molecule has 0 fully saturated rings. The highest BCUT2D eigenvalue weighted by atomic mass is 16.1. The van der Waals surface area contributed by atoms with E-state index < -0.39 is 0 Å². The van der Waals surface area contributed by atoms with Gasteiger partial charge in [0.1, 0.15) is 12.6 Å². The zero-order valence-electron chi connectivity index (χ0n) is 43.1. The smallest absolute Gasteiger partial charge is 0.122 e. The summed E-state index contributed by atoms with van der Waals surface area (Å²) in [6, 6.07) is 0. The minimum atomic E-state index is 0.264. The van der Waals surface area contributed by atoms with Crippen LogP contribution in [0, 0.1) is 5.92 Å². The molecule has 0 heterocycles. The van der Waals surface area contributed by atoms with Crippen LogP contribution in [0.1, 0.15) is 366 Å². The zero-order chi connectivity index (χ0) is 44.6. The van der Waals surface area contributed by atoms with Crippen LogP contribution in [0.3, 0.4) is 0 Å². The fourth-order valence-electron chi connectivity index (χ4n) is 9.95. The Kier molecular flexibility index (Phi) is 57.7. The van der Waals surface area contributed by atoms with Crippen molar-refractivity contribution in [2.45, 2.75) is 366 Å². The lowest BCUT2D eigenvalue weighted by Crippen LogP contribution is -1.94. The first kappa shape index (κ1) is 61.3. The Morgan fingerprint density at radius 2 is 0.339 bits per heavy atom. The summed E-state index contributed by atoms with van der Waals surface area (Å²) < 4.78 is 0. The third-order valence-corrected chi connectivity index (χ3v) is 14.5. The second kappa shape index (κ2) is 58.4. The molecule has 2 heteroatoms. The van der Waals surface area contributed by atoms with Gasteiger partial charge in [0, 0.05) is 12.3 Å². The van der Waals surface area contributed by atoms with Crippen LogP contribution in [0.4, 0.5) is 0 Å². The molecule has 1 atom stereocenters. The number of rotatable bonds is 58. The number of unbranched alkanes of at least 4 members (excludes halogenated alkanes) is 54. The van der Waals surface area contributed by atoms with Crippen molar-refractivity contribution in [3.05, 3.63) is 0 Å². The summed E-state index contributed by atoms with van der Waals surface area (Å²) in [5.41, 5.74) is 0. The minimum Gasteiger partial charge on any atom is -0.303 e. The van der Waals surface area contributed by atoms with Gasteiger partial charge in [0.15, 0.2) is 0 Å². The minimum absolute atomic E-state index is 0.264. The van der Waals surface area contributed by atoms with Gasteiger partial charge in [-0.25, -0.2) is 0 Å². The highest BCUT2D eigenvalue weighted by molar-refractivity contribution is 5.52. The van der Waals surface area contributed by atoms with Crippen LogP contribution in [0.25, 0.3) is 0 Å². The molecule has 0 aromatic heterocycles. The summed E-state index contributed by atoms with van der Waals surface area (Å²) >= 11 is 0. The quantitative estimate of drug-likeness (QED) is 0.0451. The molecule has 0 bridgehead atoms. The van der Waals surface area contributed by atoms with Crippen LogP contribution in [0.2, 0.25) is 0 Å². The lowest BCUT2D eigenvalue weighted by Gasteiger charge is -2.05. The lowest BCUT2D eigenvalue weighted by molar-refractivity contribution is -0.111. The van der Waals surface area contributed by atoms with Crippen molar-refractivity contribution in [3.8, 4) is 0 Å². The van der Waals surface area contributed by atoms with E-state index >= 15 is 0 Å². The fourth-order valence-corrected chi connectivity index (χ4v) is 9.95. The van der Waals surface area contributed by atoms with E-state index in [2.05, 4.69) is 0 Å². The molecule has 0 N–H and O–H groups in total. The molecule has 1 unspecified atom stereocenters. The molecule has 0 spiro atoms. The average Bonchev–Trinajstić information content (AvgIpc) is 3.28. The number of hydrogen-bond acceptors (Lipinski definition) is 2. The molecule has 2 nitrogen and oxygen atoms in total. The summed E-state index contributed by atoms with van der Waals surface area (Å²) in [5.74, 6) is 0.264. The van der Waals surface area contributed by atoms with Crippen molar-refractivity contribution in [3.63, 3.8) is 0 Å². The van der Waals surface area contributed by atoms with E-state index in [1.54, 1.807) is 0 Å². The number of aldehydes is 2. The largest absolute Gasteiger partial charge is 0.303 e. The van der Waals surface area contributed by atoms with Crippen molar-refractivity contribution in [2.24, 2.45) is 5.92 Å². The van der Waals surface area contributed by atoms with Gasteiger partial charge in [-0.3, -0.25) is 0 Å². The summed E-state index contributed by atoms with van der Waals surface area (Å²) in [6.45, 7) is 2.04. The van der Waals surface area contributed by atoms with Gasteiger partial charge in [0.25, 0.3) is 0 Å². The molecule has 0 amide bonds. The first-order valence-corrected chi connectivity index (χ1v) is 29.7. The predicted octanol–water partition coefficient (Wildman–Crippen LogP) is 21.9. The highest BCUT2D eigenvalue weighted by Gasteiger charge is 2.01. The molecule has 370 valence electrons. The van der Waals surface area contributed by atoms with Gasteiger partial charge in [-0.2, -0.15) is 0 Å². The average molecular weight is 872 g/mol. The van der Waals surface area contributed by atoms with Crippen LogP contribution in [0.15, 0.2) is 0 Å². The lowest BCUT2D eigenvalue weighted by atomic mass is 10.0. The van der Waals surface area contributed by atoms with Gasteiger partial charge in [0.05, 0.1) is 0 Å². The molecule has 0 aliphatic rings. The normalized spacial score (nSPS) is 12.1. The van der Waals surface area contributed by atoms with Gasteiger partial charge >= 0.3 is 0 Å². The van der Waals surface area contributed by atoms with Gasteiger partial charge in [-0.05, 0) is 12.8 Å². The number of carbonyl (C=O) groups excluding carboxylic acids is 2. The third-order valence-electron chi connectivity index (χ3n) is 14.5. The van der Waals surface area contributed by atoms with Crippen LogP contribution in [-0.2, 0) is 9.59 Å². The molecule has 0 saturated carbocycles. The van der Waals surface area contributed by atoms with Crippen LogP contribution < -0.4 is 0 Å². The number of hydrogen-bond donors (Lipinski definition) is 0. The Hall–Kier alpha value is -0.660. The Morgan fingerprint density at radius 1 is 0.210 bits per heavy atom. The van der Waals surface area contributed by atoms with Crippen molar-refractivity contribution in [1.29, 1.82) is 0 Å². The standard InChI is InChI=1S/C60H118O2/c1-60(59-62)57-55-53-51-49-47-45-43-41-39-37-35-33-31-29-27-25-23-21-19-17-15-13-11-9-7-5-3-2-4-6-8-10-12-14-16-18-20-22-24-26-28-30-32-34-36-38-40-42-44-46-48-50-52-54-56-58-61/h58-60H,2-57H2,1H3. The summed E-state index contributed by atoms with van der Waals surface area (Å²) in [6.07, 6.45) is 82.0. The van der Waals surface area contributed by atoms with E-state index in [4.69, 9.17) is 0 Å². The van der Waals surface area contributed by atoms with Crippen molar-refractivity contribution < 1.29 is 9.59 Å². The highest BCUT2D eigenvalue weighted by Crippen LogP contribution is 2.19. The molecular weight excluding hydrogens is 753 g/mol. The van der Waals surface area contributed by atoms with E-state index in [1.807, 2.05) is 6.92 Å². The van der Waals surface area contributed by atoms with Gasteiger partial charge in [-0.15, -0.1) is 0 Å². The molecule has 0 radical (unpaired) electrons. The topological polar surface area (TPSA) is 34.1 Å². The summed E-state index contributed by atoms with van der Waals surface area (Å²) in [5, 5.41) is 0. The predicted molar refractivity (Wildman–Crippen MR) is 280 cm³/mol. The first-order chi connectivity index (χ1) is 30.8. The van der Waals surface area contributed by atoms with Crippen LogP contribution in [-0.4, -0.2) is 12.6 Å². The van der Waals surface area contributed by atoms with Crippen LogP contribution >= 0.6 is 0 Å². The maximum Gasteiger partial charge on any atom is 0.122 e. The molecule has 62 heavy (non-hydrogen) atoms. The SMILES string of the molecule is CC(C=O)CCCCCCCCCCCCCCCCCCCCCCCCCCCCCCCCCCCCCCCCCCCCCCCCCCCCCCCCC=O. The molecule has 0 aromatic rings. The second-order valence-electron chi connectivity index (χ2n) is 20.9. The Morgan fingerprint density at radius 3 is 0.468 bits per heavy atom. The van der Waals surface area contributed by atoms with E-state index in [9.17, 15) is 9.59 Å². The molecular formula is C60H118O2. The summed E-state index contributed by atoms with van der Waals surface area (Å²) in [4.78, 5) is 21.0. The second-order valence-corrected chi connectivity index (χ2v) is 20.9. The third kappa shape index (κ3) is 57.4. The van der Waals surface area contributed by atoms with Crippen molar-refractivity contribution >= 4 is 12.6 Å². The molecule has 0 aromatic carbocycles. The van der Waals surface area contributed by atoms with E-state index in [0.29, 0.717) is 0 Å². The number of carbonyl (C=O) groups is 2. The van der Waals surface area contributed by atoms with Gasteiger partial charge in [0.2, 0.25) is 0 Å². The monoisotopic (exact) mass is 871 g/mol. The van der Waals surface area contributed by atoms with E-state index in [0.717, 1.165) is 31.8 Å². The molecule has 0 saturated heterocycles. The Labute approximate surface area is 393 Å². The van der Waals surface area contributed by atoms with E-state index in [1.165, 1.54) is 340 Å². The molecule has 0 aliphatic heterocycles. The molecule has 0 aliphatic carbocycles. The van der Waals surface area contributed by atoms with Crippen LogP contribution in [0.5, 0.6) is 0 Å². The zero-order valence-corrected chi connectivity index (χ0v) is 43.1. The maximum absolute atomic E-state index is 10.7. The first-order valence-electron chi connectivity index (χ1n) is 29.7. The van der Waals surface area contributed by atoms with E-state index in [-0.39, 0.29) is 5.92 Å².